The van der Waals surface area contributed by atoms with E-state index in [9.17, 15) is 14.4 Å². The number of rotatable bonds is 7. The molecule has 1 aromatic heterocycles. The second-order valence-electron chi connectivity index (χ2n) is 10.5. The average Bonchev–Trinajstić information content (AvgIpc) is 3.35. The molecule has 3 amide bonds. The van der Waals surface area contributed by atoms with E-state index in [0.717, 1.165) is 50.3 Å². The number of nitrogens with one attached hydrogen (secondary N) is 1. The Kier molecular flexibility index (Phi) is 8.25. The highest BCUT2D eigenvalue weighted by Gasteiger charge is 2.31. The number of aromatic nitrogens is 2. The van der Waals surface area contributed by atoms with Crippen molar-refractivity contribution < 1.29 is 9.59 Å². The van der Waals surface area contributed by atoms with E-state index in [-0.39, 0.29) is 17.8 Å². The summed E-state index contributed by atoms with van der Waals surface area (Å²) in [6.07, 6.45) is 3.67. The van der Waals surface area contributed by atoms with Gasteiger partial charge in [0.25, 0.3) is 0 Å². The summed E-state index contributed by atoms with van der Waals surface area (Å²) in [5.41, 5.74) is 12.2. The van der Waals surface area contributed by atoms with Crippen LogP contribution >= 0.6 is 0 Å². The van der Waals surface area contributed by atoms with Gasteiger partial charge in [-0.2, -0.15) is 4.98 Å². The number of nitrogens with two attached hydrogens (primary N) is 2. The van der Waals surface area contributed by atoms with Crippen LogP contribution in [0.4, 0.5) is 10.6 Å². The number of likely N-dealkylation sites (tertiary alicyclic amines) is 1. The molecule has 0 radical (unpaired) electrons. The number of carbonyl (C=O) groups is 2. The number of piperazine rings is 1. The molecule has 2 aliphatic rings. The predicted molar refractivity (Wildman–Crippen MR) is 143 cm³/mol. The number of carbonyl (C=O) groups excluding carboxylic acids is 2. The normalized spacial score (nSPS) is 18.8. The van der Waals surface area contributed by atoms with E-state index < -0.39 is 11.2 Å². The predicted octanol–water partition coefficient (Wildman–Crippen LogP) is 0.469. The number of anilines is 1. The van der Waals surface area contributed by atoms with E-state index in [4.69, 9.17) is 11.5 Å². The van der Waals surface area contributed by atoms with Gasteiger partial charge >= 0.3 is 11.7 Å². The number of hydrogen-bond acceptors (Lipinski definition) is 7. The Bertz CT molecular complexity index is 1170. The molecule has 11 heteroatoms. The zero-order chi connectivity index (χ0) is 26.6. The molecule has 1 atom stereocenters. The Morgan fingerprint density at radius 3 is 2.49 bits per heavy atom. The second-order valence-corrected chi connectivity index (χ2v) is 10.5. The quantitative estimate of drug-likeness (QED) is 0.491. The van der Waals surface area contributed by atoms with Crippen LogP contribution in [0.25, 0.3) is 5.69 Å². The molecule has 11 nitrogen and oxygen atoms in total. The number of nitrogens with zero attached hydrogens (tertiary/aromatic N) is 5. The lowest BCUT2D eigenvalue weighted by Crippen LogP contribution is -2.58. The fourth-order valence-corrected chi connectivity index (χ4v) is 4.84. The van der Waals surface area contributed by atoms with E-state index >= 15 is 0 Å². The zero-order valence-electron chi connectivity index (χ0n) is 21.7. The first-order valence-corrected chi connectivity index (χ1v) is 12.9. The molecule has 5 N–H and O–H groups in total. The molecule has 3 heterocycles. The third kappa shape index (κ3) is 6.73. The van der Waals surface area contributed by atoms with Crippen molar-refractivity contribution in [3.8, 4) is 5.69 Å². The van der Waals surface area contributed by atoms with Gasteiger partial charge in [-0.05, 0) is 69.5 Å². The minimum absolute atomic E-state index is 0.141. The van der Waals surface area contributed by atoms with Crippen LogP contribution in [0.2, 0.25) is 0 Å². The van der Waals surface area contributed by atoms with E-state index in [2.05, 4.69) is 21.3 Å². The van der Waals surface area contributed by atoms with Gasteiger partial charge in [-0.25, -0.2) is 9.59 Å². The minimum Gasteiger partial charge on any atom is -0.338 e. The molecule has 200 valence electrons. The SMILES string of the molecule is CC(C)(N)C(=O)N1CCN(C(=O)Nc2ccn(-c3cccc(CCN4CCC(CN)C4)c3)c(=O)n2)CC1. The van der Waals surface area contributed by atoms with E-state index in [1.165, 1.54) is 4.57 Å². The van der Waals surface area contributed by atoms with Crippen molar-refractivity contribution in [2.75, 3.05) is 57.7 Å². The highest BCUT2D eigenvalue weighted by atomic mass is 16.2. The van der Waals surface area contributed by atoms with Crippen molar-refractivity contribution in [3.05, 3.63) is 52.6 Å². The van der Waals surface area contributed by atoms with Crippen molar-refractivity contribution in [1.82, 2.24) is 24.3 Å². The van der Waals surface area contributed by atoms with Gasteiger partial charge in [-0.1, -0.05) is 12.1 Å². The summed E-state index contributed by atoms with van der Waals surface area (Å²) in [5.74, 6) is 0.637. The zero-order valence-corrected chi connectivity index (χ0v) is 21.7. The molecule has 4 rings (SSSR count). The molecule has 0 aliphatic carbocycles. The number of hydrogen-bond donors (Lipinski definition) is 3. The number of urea groups is 1. The lowest BCUT2D eigenvalue weighted by Gasteiger charge is -2.37. The summed E-state index contributed by atoms with van der Waals surface area (Å²) in [6.45, 7) is 8.74. The van der Waals surface area contributed by atoms with Gasteiger partial charge in [0, 0.05) is 45.5 Å². The van der Waals surface area contributed by atoms with E-state index in [1.807, 2.05) is 18.2 Å². The maximum atomic E-state index is 12.8. The fourth-order valence-electron chi connectivity index (χ4n) is 4.84. The molecule has 2 saturated heterocycles. The molecular formula is C26H38N8O3. The Morgan fingerprint density at radius 2 is 1.84 bits per heavy atom. The van der Waals surface area contributed by atoms with E-state index in [0.29, 0.717) is 32.1 Å². The monoisotopic (exact) mass is 510 g/mol. The van der Waals surface area contributed by atoms with Crippen molar-refractivity contribution in [2.45, 2.75) is 32.2 Å². The molecule has 2 fully saturated rings. The first kappa shape index (κ1) is 26.8. The first-order chi connectivity index (χ1) is 17.6. The number of amides is 3. The lowest BCUT2D eigenvalue weighted by atomic mass is 10.1. The Labute approximate surface area is 217 Å². The molecule has 0 spiro atoms. The topological polar surface area (TPSA) is 143 Å². The summed E-state index contributed by atoms with van der Waals surface area (Å²) in [4.78, 5) is 47.6. The number of benzene rings is 1. The summed E-state index contributed by atoms with van der Waals surface area (Å²) >= 11 is 0. The van der Waals surface area contributed by atoms with Crippen LogP contribution in [-0.4, -0.2) is 94.1 Å². The van der Waals surface area contributed by atoms with Crippen LogP contribution in [0.15, 0.2) is 41.3 Å². The lowest BCUT2D eigenvalue weighted by molar-refractivity contribution is -0.137. The van der Waals surface area contributed by atoms with Crippen LogP contribution < -0.4 is 22.5 Å². The van der Waals surface area contributed by atoms with E-state index in [1.54, 1.807) is 35.9 Å². The molecule has 2 aliphatic heterocycles. The van der Waals surface area contributed by atoms with Crippen LogP contribution in [0.3, 0.4) is 0 Å². The Hall–Kier alpha value is -3.28. The van der Waals surface area contributed by atoms with Crippen molar-refractivity contribution >= 4 is 17.8 Å². The molecule has 2 aromatic rings. The summed E-state index contributed by atoms with van der Waals surface area (Å²) in [5, 5.41) is 2.70. The standard InChI is InChI=1S/C26H38N8O3/c1-26(2,28)23(35)32-12-14-33(15-13-32)24(36)29-22-8-11-34(25(37)30-22)21-5-3-4-19(16-21)6-9-31-10-7-20(17-27)18-31/h3-5,8,11,16,20H,6-7,9-10,12-15,17-18,27-28H2,1-2H3,(H,29,30,36,37). The smallest absolute Gasteiger partial charge is 0.338 e. The van der Waals surface area contributed by atoms with Gasteiger partial charge < -0.3 is 26.2 Å². The van der Waals surface area contributed by atoms with Crippen molar-refractivity contribution in [1.29, 1.82) is 0 Å². The van der Waals surface area contributed by atoms with Gasteiger partial charge in [0.1, 0.15) is 5.82 Å². The largest absolute Gasteiger partial charge is 0.354 e. The molecule has 1 unspecified atom stereocenters. The maximum Gasteiger partial charge on any atom is 0.354 e. The first-order valence-electron chi connectivity index (χ1n) is 12.9. The van der Waals surface area contributed by atoms with Crippen LogP contribution in [0.1, 0.15) is 25.8 Å². The van der Waals surface area contributed by atoms with Gasteiger partial charge in [0.15, 0.2) is 0 Å². The average molecular weight is 511 g/mol. The Morgan fingerprint density at radius 1 is 1.11 bits per heavy atom. The van der Waals surface area contributed by atoms with Gasteiger partial charge in [0.05, 0.1) is 11.2 Å². The molecular weight excluding hydrogens is 472 g/mol. The van der Waals surface area contributed by atoms with Crippen LogP contribution in [0, 0.1) is 5.92 Å². The summed E-state index contributed by atoms with van der Waals surface area (Å²) < 4.78 is 1.47. The highest BCUT2D eigenvalue weighted by molar-refractivity contribution is 5.89. The highest BCUT2D eigenvalue weighted by Crippen LogP contribution is 2.17. The third-order valence-corrected chi connectivity index (χ3v) is 7.05. The third-order valence-electron chi connectivity index (χ3n) is 7.05. The maximum absolute atomic E-state index is 12.8. The summed E-state index contributed by atoms with van der Waals surface area (Å²) in [6, 6.07) is 9.13. The Balaban J connectivity index is 1.33. The minimum atomic E-state index is -0.945. The second kappa shape index (κ2) is 11.4. The molecule has 37 heavy (non-hydrogen) atoms. The molecule has 0 bridgehead atoms. The molecule has 0 saturated carbocycles. The summed E-state index contributed by atoms with van der Waals surface area (Å²) in [7, 11) is 0. The van der Waals surface area contributed by atoms with Gasteiger partial charge in [-0.3, -0.25) is 14.7 Å². The van der Waals surface area contributed by atoms with Crippen LogP contribution in [0.5, 0.6) is 0 Å². The van der Waals surface area contributed by atoms with Gasteiger partial charge in [-0.15, -0.1) is 0 Å². The van der Waals surface area contributed by atoms with Crippen molar-refractivity contribution in [3.63, 3.8) is 0 Å². The van der Waals surface area contributed by atoms with Crippen LogP contribution in [-0.2, 0) is 11.2 Å². The van der Waals surface area contributed by atoms with Gasteiger partial charge in [0.2, 0.25) is 5.91 Å². The fraction of sp³-hybridized carbons (Fsp3) is 0.538. The molecule has 1 aromatic carbocycles. The van der Waals surface area contributed by atoms with Crippen molar-refractivity contribution in [2.24, 2.45) is 17.4 Å².